The first-order valence-electron chi connectivity index (χ1n) is 10.9. The Morgan fingerprint density at radius 3 is 2.70 bits per heavy atom. The molecule has 0 aliphatic carbocycles. The van der Waals surface area contributed by atoms with E-state index in [-0.39, 0.29) is 12.4 Å². The van der Waals surface area contributed by atoms with Gasteiger partial charge in [0.15, 0.2) is 11.7 Å². The molecule has 0 atom stereocenters. The van der Waals surface area contributed by atoms with Gasteiger partial charge in [-0.25, -0.2) is 9.97 Å². The number of likely N-dealkylation sites (N-methyl/N-ethyl adjacent to an activating group) is 1. The van der Waals surface area contributed by atoms with E-state index in [0.717, 1.165) is 35.3 Å². The molecule has 0 radical (unpaired) electrons. The summed E-state index contributed by atoms with van der Waals surface area (Å²) in [5, 5.41) is 0.658. The molecular weight excluding hydrogens is 459 g/mol. The molecule has 2 aromatic heterocycles. The second-order valence-corrected chi connectivity index (χ2v) is 9.19. The summed E-state index contributed by atoms with van der Waals surface area (Å²) in [6.07, 6.45) is 3.11. The third-order valence-electron chi connectivity index (χ3n) is 5.13. The van der Waals surface area contributed by atoms with Gasteiger partial charge in [-0.2, -0.15) is 0 Å². The molecule has 8 heteroatoms. The van der Waals surface area contributed by atoms with Gasteiger partial charge in [0.2, 0.25) is 0 Å². The van der Waals surface area contributed by atoms with Crippen molar-refractivity contribution in [2.45, 2.75) is 26.7 Å². The molecule has 6 nitrogen and oxygen atoms in total. The average Bonchev–Trinajstić information content (AvgIpc) is 3.38. The van der Waals surface area contributed by atoms with Crippen molar-refractivity contribution in [1.29, 1.82) is 0 Å². The summed E-state index contributed by atoms with van der Waals surface area (Å²) in [5.74, 6) is 2.52. The van der Waals surface area contributed by atoms with Crippen molar-refractivity contribution in [2.24, 2.45) is 5.92 Å². The largest absolute Gasteiger partial charge is 0.493 e. The second kappa shape index (κ2) is 11.1. The lowest BCUT2D eigenvalue weighted by Gasteiger charge is -2.12. The number of ether oxygens (including phenoxy) is 1. The van der Waals surface area contributed by atoms with Gasteiger partial charge in [0.05, 0.1) is 24.1 Å². The highest BCUT2D eigenvalue weighted by atomic mass is 35.5. The quantitative estimate of drug-likeness (QED) is 0.311. The van der Waals surface area contributed by atoms with Crippen molar-refractivity contribution in [3.05, 3.63) is 64.7 Å². The molecular formula is C25H30Cl2N4O2. The summed E-state index contributed by atoms with van der Waals surface area (Å²) in [4.78, 5) is 14.9. The Hall–Kier alpha value is -2.54. The van der Waals surface area contributed by atoms with Crippen LogP contribution in [0.25, 0.3) is 22.6 Å². The van der Waals surface area contributed by atoms with E-state index >= 15 is 0 Å². The van der Waals surface area contributed by atoms with Gasteiger partial charge < -0.3 is 19.0 Å². The van der Waals surface area contributed by atoms with E-state index < -0.39 is 0 Å². The number of H-pyrrole nitrogens is 1. The lowest BCUT2D eigenvalue weighted by Crippen LogP contribution is -2.14. The zero-order valence-corrected chi connectivity index (χ0v) is 21.0. The van der Waals surface area contributed by atoms with Crippen molar-refractivity contribution in [2.75, 3.05) is 27.2 Å². The Bertz CT molecular complexity index is 1200. The Morgan fingerprint density at radius 2 is 1.94 bits per heavy atom. The van der Waals surface area contributed by atoms with Gasteiger partial charge >= 0.3 is 0 Å². The minimum absolute atomic E-state index is 0. The van der Waals surface area contributed by atoms with Crippen molar-refractivity contribution in [3.63, 3.8) is 0 Å². The number of halogens is 2. The number of oxazole rings is 1. The number of rotatable bonds is 9. The molecule has 1 N–H and O–H groups in total. The minimum atomic E-state index is 0. The van der Waals surface area contributed by atoms with Crippen LogP contribution < -0.4 is 4.74 Å². The highest BCUT2D eigenvalue weighted by Crippen LogP contribution is 2.27. The van der Waals surface area contributed by atoms with E-state index in [4.69, 9.17) is 25.7 Å². The molecule has 0 amide bonds. The number of fused-ring (bicyclic) bond motifs is 1. The van der Waals surface area contributed by atoms with Gasteiger partial charge in [0.25, 0.3) is 0 Å². The summed E-state index contributed by atoms with van der Waals surface area (Å²) in [5.41, 5.74) is 4.80. The number of imidazole rings is 1. The molecule has 4 rings (SSSR count). The number of aromatic nitrogens is 3. The van der Waals surface area contributed by atoms with Gasteiger partial charge in [-0.1, -0.05) is 31.5 Å². The zero-order valence-electron chi connectivity index (χ0n) is 19.4. The number of aromatic amines is 1. The third kappa shape index (κ3) is 6.50. The van der Waals surface area contributed by atoms with Crippen LogP contribution in [0.5, 0.6) is 5.75 Å². The molecule has 2 aromatic carbocycles. The number of hydrogen-bond donors (Lipinski definition) is 1. The molecule has 0 saturated heterocycles. The van der Waals surface area contributed by atoms with Crippen molar-refractivity contribution >= 4 is 35.0 Å². The summed E-state index contributed by atoms with van der Waals surface area (Å²) < 4.78 is 11.7. The van der Waals surface area contributed by atoms with Gasteiger partial charge in [-0.15, -0.1) is 12.4 Å². The Balaban J connectivity index is 0.00000306. The van der Waals surface area contributed by atoms with Crippen LogP contribution >= 0.6 is 24.0 Å². The fraction of sp³-hybridized carbons (Fsp3) is 0.360. The normalized spacial score (nSPS) is 11.4. The van der Waals surface area contributed by atoms with Crippen LogP contribution in [0.4, 0.5) is 0 Å². The molecule has 0 bridgehead atoms. The predicted molar refractivity (Wildman–Crippen MR) is 136 cm³/mol. The fourth-order valence-electron chi connectivity index (χ4n) is 3.43. The van der Waals surface area contributed by atoms with Crippen molar-refractivity contribution < 1.29 is 9.15 Å². The topological polar surface area (TPSA) is 67.2 Å². The van der Waals surface area contributed by atoms with Gasteiger partial charge in [-0.3, -0.25) is 0 Å². The van der Waals surface area contributed by atoms with Crippen LogP contribution in [0.15, 0.2) is 47.1 Å². The van der Waals surface area contributed by atoms with Crippen LogP contribution in [0, 0.1) is 5.92 Å². The van der Waals surface area contributed by atoms with Crippen molar-refractivity contribution in [1.82, 2.24) is 19.9 Å². The lowest BCUT2D eigenvalue weighted by atomic mass is 10.1. The SMILES string of the molecule is CC(C)COc1ccc(Cl)cc1Cc1nc(-c2nc3cc(CCN(C)C)ccc3[nH]2)co1.Cl. The Labute approximate surface area is 205 Å². The van der Waals surface area contributed by atoms with E-state index in [2.05, 4.69) is 61.0 Å². The minimum Gasteiger partial charge on any atom is -0.493 e. The first kappa shape index (κ1) is 25.1. The first-order valence-corrected chi connectivity index (χ1v) is 11.2. The average molecular weight is 489 g/mol. The van der Waals surface area contributed by atoms with Gasteiger partial charge in [-0.05, 0) is 62.3 Å². The fourth-order valence-corrected chi connectivity index (χ4v) is 3.62. The molecule has 33 heavy (non-hydrogen) atoms. The third-order valence-corrected chi connectivity index (χ3v) is 5.36. The summed E-state index contributed by atoms with van der Waals surface area (Å²) in [6, 6.07) is 12.0. The monoisotopic (exact) mass is 488 g/mol. The maximum Gasteiger partial charge on any atom is 0.199 e. The van der Waals surface area contributed by atoms with Crippen LogP contribution in [-0.4, -0.2) is 47.1 Å². The zero-order chi connectivity index (χ0) is 22.7. The van der Waals surface area contributed by atoms with Crippen LogP contribution in [0.2, 0.25) is 5.02 Å². The van der Waals surface area contributed by atoms with E-state index in [1.54, 1.807) is 6.26 Å². The van der Waals surface area contributed by atoms with Crippen LogP contribution in [-0.2, 0) is 12.8 Å². The highest BCUT2D eigenvalue weighted by Gasteiger charge is 2.14. The highest BCUT2D eigenvalue weighted by molar-refractivity contribution is 6.30. The standard InChI is InChI=1S/C25H29ClN4O2.ClH/c1-16(2)14-31-23-8-6-19(26)12-18(23)13-24-27-22(15-32-24)25-28-20-7-5-17(9-10-30(3)4)11-21(20)29-25;/h5-8,11-12,15-16H,9-10,13-14H2,1-4H3,(H,28,29);1H. The van der Waals surface area contributed by atoms with Gasteiger partial charge in [0, 0.05) is 17.1 Å². The molecule has 176 valence electrons. The van der Waals surface area contributed by atoms with Gasteiger partial charge in [0.1, 0.15) is 17.7 Å². The molecule has 0 saturated carbocycles. The smallest absolute Gasteiger partial charge is 0.199 e. The van der Waals surface area contributed by atoms with Crippen molar-refractivity contribution in [3.8, 4) is 17.3 Å². The summed E-state index contributed by atoms with van der Waals surface area (Å²) >= 11 is 6.22. The molecule has 0 fully saturated rings. The number of nitrogens with zero attached hydrogens (tertiary/aromatic N) is 3. The first-order chi connectivity index (χ1) is 15.4. The Kier molecular flexibility index (Phi) is 8.40. The second-order valence-electron chi connectivity index (χ2n) is 8.75. The number of benzene rings is 2. The summed E-state index contributed by atoms with van der Waals surface area (Å²) in [7, 11) is 4.16. The molecule has 4 aromatic rings. The maximum absolute atomic E-state index is 6.22. The number of nitrogens with one attached hydrogen (secondary N) is 1. The van der Waals surface area contributed by atoms with E-state index in [0.29, 0.717) is 41.4 Å². The maximum atomic E-state index is 6.22. The van der Waals surface area contributed by atoms with E-state index in [9.17, 15) is 0 Å². The lowest BCUT2D eigenvalue weighted by molar-refractivity contribution is 0.268. The predicted octanol–water partition coefficient (Wildman–Crippen LogP) is 6.02. The Morgan fingerprint density at radius 1 is 1.12 bits per heavy atom. The molecule has 0 spiro atoms. The molecule has 0 aliphatic rings. The van der Waals surface area contributed by atoms with E-state index in [1.165, 1.54) is 5.56 Å². The molecule has 0 aliphatic heterocycles. The van der Waals surface area contributed by atoms with E-state index in [1.807, 2.05) is 18.2 Å². The van der Waals surface area contributed by atoms with Crippen LogP contribution in [0.3, 0.4) is 0 Å². The molecule has 2 heterocycles. The molecule has 0 unspecified atom stereocenters. The van der Waals surface area contributed by atoms with Crippen LogP contribution in [0.1, 0.15) is 30.9 Å². The number of hydrogen-bond acceptors (Lipinski definition) is 5. The summed E-state index contributed by atoms with van der Waals surface area (Å²) in [6.45, 7) is 5.88.